The maximum Gasteiger partial charge on any atom is 0.450 e. The van der Waals surface area contributed by atoms with E-state index in [2.05, 4.69) is 166 Å². The average Bonchev–Trinajstić information content (AvgIpc) is 1.55. The Labute approximate surface area is 717 Å². The molecule has 2 aliphatic rings. The molecule has 12 N–H and O–H groups in total. The summed E-state index contributed by atoms with van der Waals surface area (Å²) in [7, 11) is 4.21. The lowest BCUT2D eigenvalue weighted by Crippen LogP contribution is -2.26. The number of rotatable bonds is 17. The van der Waals surface area contributed by atoms with Crippen molar-refractivity contribution in [3.8, 4) is 84.5 Å². The number of likely N-dealkylation sites (N-methyl/N-ethyl adjacent to an activating group) is 2. The lowest BCUT2D eigenvalue weighted by atomic mass is 9.88. The molecule has 0 aliphatic carbocycles. The minimum absolute atomic E-state index is 0. The zero-order valence-corrected chi connectivity index (χ0v) is 73.6. The van der Waals surface area contributed by atoms with Crippen molar-refractivity contribution in [1.29, 1.82) is 0 Å². The monoisotopic (exact) mass is 1850 g/mol. The number of aromatic nitrogens is 4. The topological polar surface area (TPSA) is 362 Å². The molecular weight excluding hydrogens is 1750 g/mol. The van der Waals surface area contributed by atoms with Gasteiger partial charge in [0.15, 0.2) is 0 Å². The highest BCUT2D eigenvalue weighted by atomic mass is 127. The minimum Gasteiger partial charge on any atom is -0.508 e. The number of benzene rings is 7. The highest BCUT2D eigenvalue weighted by molar-refractivity contribution is 14.1. The SMILES string of the molecule is C.CC(C)c1cc(-c2noc(C(N)=O)c2-c2ccc3c(c2)CCN(C)C3)c(O)cc1O.Cc1cc(C)c(C(C)C)cc1-c1noc(C(N)=O)c1-c1ccc2c(c1)CCN(C)C2.Cc1cc(C)c(C(C)C)cc1-c1noc(C(N)=O)c1I.Cc1cc(OCc2ccccc2)c(-c2noc(C(=O)O)c2I)cc1C(C)C.ClB(Cl)Cl.N.[2H]CC. The molecular formula is C87H104BCl3I2N10O12. The zero-order chi connectivity index (χ0) is 84.0. The molecule has 612 valence electrons. The van der Waals surface area contributed by atoms with Crippen LogP contribution in [-0.4, -0.2) is 102 Å². The largest absolute Gasteiger partial charge is 0.508 e. The first kappa shape index (κ1) is 93.1. The number of nitrogens with zero attached hydrogens (tertiary/aromatic N) is 6. The van der Waals surface area contributed by atoms with Crippen LogP contribution in [0.25, 0.3) is 67.3 Å². The predicted octanol–water partition coefficient (Wildman–Crippen LogP) is 21.4. The predicted molar refractivity (Wildman–Crippen MR) is 477 cm³/mol. The smallest absolute Gasteiger partial charge is 0.450 e. The van der Waals surface area contributed by atoms with Gasteiger partial charge in [0.1, 0.15) is 46.6 Å². The highest BCUT2D eigenvalue weighted by Gasteiger charge is 2.31. The zero-order valence-electron chi connectivity index (χ0n) is 68.0. The number of carboxylic acid groups (broad SMARTS) is 1. The van der Waals surface area contributed by atoms with Crippen LogP contribution < -0.4 is 28.1 Å². The standard InChI is InChI=1S/C25H29N3O2.C23H25N3O4.C21H20INO4.C15H17IN2O2.C2H6.CH4.BCl3.H3N/c1-14(2)20-12-21(16(4)10-15(20)3)23-22(24(25(26)29)30-27-23)18-6-7-19-13-28(5)9-8-17(19)11-18;1-12(2)16-9-17(19(28)10-18(16)27)21-20(22(23(24)29)30-25-21)14-4-5-15-11-26(3)7-6-13(15)8-14;1-12(2)15-10-16(19-18(22)20(21(24)25)27-23-19)17(9-13(15)3)26-11-14-7-5-4-6-8-14;1-7(2)10-6-11(9(4)5-8(10)3)13-12(16)14(15(17)19)20-18-13;1-2;;2-1(3)4;/h6-7,10-12,14H,8-9,13H2,1-5H3,(H2,26,29);4-5,8-10,12,27-28H,6-7,11H2,1-3H3,(H2,24,29);4-10,12H,11H2,1-3H3,(H,24,25);5-7H,1-4H3,(H2,17,19);1-2H3;1H4;;1H3/i;;;;1D;;;. The molecule has 4 aromatic heterocycles. The van der Waals surface area contributed by atoms with E-state index in [-0.39, 0.29) is 54.0 Å². The van der Waals surface area contributed by atoms with Crippen LogP contribution in [0.1, 0.15) is 222 Å². The van der Waals surface area contributed by atoms with Crippen molar-refractivity contribution in [3.05, 3.63) is 223 Å². The molecule has 115 heavy (non-hydrogen) atoms. The molecule has 22 nitrogen and oxygen atoms in total. The Morgan fingerprint density at radius 1 is 0.513 bits per heavy atom. The molecule has 0 atom stereocenters. The molecule has 0 bridgehead atoms. The fraction of sp³-hybridized carbons (Fsp3) is 0.333. The van der Waals surface area contributed by atoms with Crippen molar-refractivity contribution in [3.63, 3.8) is 0 Å². The summed E-state index contributed by atoms with van der Waals surface area (Å²) in [4.78, 5) is 50.6. The minimum atomic E-state index is -1.14. The molecule has 6 heterocycles. The molecule has 2 aliphatic heterocycles. The first-order chi connectivity index (χ1) is 53.9. The van der Waals surface area contributed by atoms with E-state index < -0.39 is 28.6 Å². The fourth-order valence-corrected chi connectivity index (χ4v) is 15.3. The number of halogens is 5. The molecule has 11 aromatic rings. The van der Waals surface area contributed by atoms with Crippen LogP contribution in [0.2, 0.25) is 0 Å². The summed E-state index contributed by atoms with van der Waals surface area (Å²) in [5.41, 5.74) is 40.8. The molecule has 28 heteroatoms. The Morgan fingerprint density at radius 3 is 1.29 bits per heavy atom. The Hall–Kier alpha value is -9.07. The second-order valence-corrected chi connectivity index (χ2v) is 33.1. The second kappa shape index (κ2) is 42.2. The van der Waals surface area contributed by atoms with Gasteiger partial charge in [-0.3, -0.25) is 14.4 Å². The first-order valence-corrected chi connectivity index (χ1v) is 40.2. The van der Waals surface area contributed by atoms with Gasteiger partial charge in [-0.2, -0.15) is 34.4 Å². The van der Waals surface area contributed by atoms with Crippen LogP contribution in [-0.2, 0) is 32.5 Å². The third kappa shape index (κ3) is 23.0. The summed E-state index contributed by atoms with van der Waals surface area (Å²) in [5, 5.41) is 46.4. The Morgan fingerprint density at radius 2 is 0.878 bits per heavy atom. The fourth-order valence-electron chi connectivity index (χ4n) is 13.8. The van der Waals surface area contributed by atoms with Crippen molar-refractivity contribution in [2.75, 3.05) is 27.2 Å². The number of carbonyl (C=O) groups excluding carboxylic acids is 3. The number of primary amides is 3. The molecule has 13 rings (SSSR count). The van der Waals surface area contributed by atoms with Crippen LogP contribution in [0, 0.1) is 41.8 Å². The number of aromatic hydroxyl groups is 2. The van der Waals surface area contributed by atoms with Gasteiger partial charge in [0, 0.05) is 55.9 Å². The van der Waals surface area contributed by atoms with Crippen molar-refractivity contribution in [2.24, 2.45) is 17.2 Å². The number of aryl methyl sites for hydroxylation is 5. The van der Waals surface area contributed by atoms with Gasteiger partial charge >= 0.3 is 10.9 Å². The summed E-state index contributed by atoms with van der Waals surface area (Å²) < 4.78 is 34.3. The number of phenols is 2. The van der Waals surface area contributed by atoms with Crippen LogP contribution >= 0.6 is 79.6 Å². The van der Waals surface area contributed by atoms with Crippen molar-refractivity contribution in [1.82, 2.24) is 36.6 Å². The summed E-state index contributed by atoms with van der Waals surface area (Å²) in [6.07, 6.45) is 1.88. The van der Waals surface area contributed by atoms with Gasteiger partial charge in [0.05, 0.1) is 18.3 Å². The summed E-state index contributed by atoms with van der Waals surface area (Å²) in [6.45, 7) is 33.6. The molecule has 0 fully saturated rings. The summed E-state index contributed by atoms with van der Waals surface area (Å²) in [5.74, 6) is -1.40. The molecule has 0 saturated heterocycles. The van der Waals surface area contributed by atoms with Crippen molar-refractivity contribution < 1.29 is 58.7 Å². The van der Waals surface area contributed by atoms with E-state index in [0.717, 1.165) is 94.7 Å². The van der Waals surface area contributed by atoms with Gasteiger partial charge in [-0.15, -0.1) is 0 Å². The maximum absolute atomic E-state index is 12.2. The highest BCUT2D eigenvalue weighted by Crippen LogP contribution is 2.45. The molecule has 0 saturated carbocycles. The second-order valence-electron chi connectivity index (χ2n) is 29.0. The maximum atomic E-state index is 12.2. The number of hydrogen-bond acceptors (Lipinski definition) is 18. The number of phenolic OH excluding ortho intramolecular Hbond substituents is 2. The Balaban J connectivity index is 0.000000234. The molecule has 0 unspecified atom stereocenters. The summed E-state index contributed by atoms with van der Waals surface area (Å²) in [6, 6.07) is 37.8. The van der Waals surface area contributed by atoms with Crippen molar-refractivity contribution >= 4 is 108 Å². The normalized spacial score (nSPS) is 12.3. The number of amides is 3. The molecule has 0 radical (unpaired) electrons. The quantitative estimate of drug-likeness (QED) is 0.0329. The third-order valence-corrected chi connectivity index (χ3v) is 21.4. The third-order valence-electron chi connectivity index (χ3n) is 19.4. The van der Waals surface area contributed by atoms with Gasteiger partial charge in [0.25, 0.3) is 23.5 Å². The Kier molecular flexibility index (Phi) is 34.1. The molecule has 7 aromatic carbocycles. The number of hydrogen-bond donors (Lipinski definition) is 7. The average molecular weight is 1850 g/mol. The lowest BCUT2D eigenvalue weighted by Gasteiger charge is -2.25. The van der Waals surface area contributed by atoms with E-state index >= 15 is 0 Å². The van der Waals surface area contributed by atoms with E-state index in [9.17, 15) is 34.5 Å². The number of aromatic carboxylic acids is 1. The number of ether oxygens (including phenoxy) is 1. The lowest BCUT2D eigenvalue weighted by molar-refractivity contribution is 0.0649. The van der Waals surface area contributed by atoms with Crippen LogP contribution in [0.3, 0.4) is 0 Å². The van der Waals surface area contributed by atoms with Gasteiger partial charge in [0.2, 0.25) is 17.3 Å². The number of carboxylic acids is 1. The number of carbonyl (C=O) groups is 4. The van der Waals surface area contributed by atoms with Gasteiger partial charge in [-0.1, -0.05) is 176 Å². The Bertz CT molecular complexity index is 5100. The number of fused-ring (bicyclic) bond motifs is 2. The van der Waals surface area contributed by atoms with E-state index in [1.807, 2.05) is 117 Å². The summed E-state index contributed by atoms with van der Waals surface area (Å²) >= 11 is 18.4. The van der Waals surface area contributed by atoms with Crippen molar-refractivity contribution in [2.45, 2.75) is 167 Å². The molecule has 0 spiro atoms. The number of nitrogens with two attached hydrogens (primary N) is 3. The first-order valence-electron chi connectivity index (χ1n) is 37.4. The van der Waals surface area contributed by atoms with E-state index in [0.29, 0.717) is 89.2 Å². The van der Waals surface area contributed by atoms with Gasteiger partial charge in [-0.05, 0) is 250 Å². The van der Waals surface area contributed by atoms with E-state index in [1.165, 1.54) is 50.6 Å². The van der Waals surface area contributed by atoms with E-state index in [4.69, 9.17) is 75.8 Å². The van der Waals surface area contributed by atoms with Crippen LogP contribution in [0.5, 0.6) is 17.2 Å². The molecule has 3 amide bonds. The van der Waals surface area contributed by atoms with Crippen LogP contribution in [0.15, 0.2) is 133 Å². The van der Waals surface area contributed by atoms with Gasteiger partial charge < -0.3 is 71.3 Å². The van der Waals surface area contributed by atoms with Gasteiger partial charge in [-0.25, -0.2) is 4.79 Å². The van der Waals surface area contributed by atoms with E-state index in [1.54, 1.807) is 13.0 Å². The van der Waals surface area contributed by atoms with Crippen LogP contribution in [0.4, 0.5) is 0 Å².